The Kier molecular flexibility index (Phi) is 6.46. The van der Waals surface area contributed by atoms with Crippen molar-refractivity contribution in [2.75, 3.05) is 0 Å². The van der Waals surface area contributed by atoms with E-state index in [1.165, 1.54) is 37.3 Å². The molecular formula is C20H32OSi. The molecule has 1 aromatic carbocycles. The summed E-state index contributed by atoms with van der Waals surface area (Å²) in [5.74, 6) is 0.802. The number of benzene rings is 1. The molecule has 1 aliphatic carbocycles. The van der Waals surface area contributed by atoms with Crippen LogP contribution in [-0.4, -0.2) is 19.3 Å². The van der Waals surface area contributed by atoms with Crippen molar-refractivity contribution in [3.63, 3.8) is 0 Å². The average Bonchev–Trinajstić information content (AvgIpc) is 2.55. The van der Waals surface area contributed by atoms with Gasteiger partial charge >= 0.3 is 0 Å². The Balaban J connectivity index is 1.88. The van der Waals surface area contributed by atoms with Gasteiger partial charge in [0, 0.05) is 5.92 Å². The van der Waals surface area contributed by atoms with Crippen molar-refractivity contribution in [2.45, 2.75) is 64.3 Å². The number of aliphatic hydroxyl groups is 1. The molecule has 1 nitrogen and oxygen atoms in total. The molecule has 0 saturated heterocycles. The van der Waals surface area contributed by atoms with Crippen LogP contribution in [0.3, 0.4) is 0 Å². The fraction of sp³-hybridized carbons (Fsp3) is 0.600. The summed E-state index contributed by atoms with van der Waals surface area (Å²) in [6, 6.07) is 12.1. The van der Waals surface area contributed by atoms with Crippen molar-refractivity contribution in [2.24, 2.45) is 11.8 Å². The number of hydrogen-bond donors (Lipinski definition) is 1. The van der Waals surface area contributed by atoms with Gasteiger partial charge in [0.05, 0.1) is 14.2 Å². The van der Waals surface area contributed by atoms with Gasteiger partial charge in [0.1, 0.15) is 0 Å². The largest absolute Gasteiger partial charge is 0.392 e. The third-order valence-corrected chi connectivity index (χ3v) is 8.45. The summed E-state index contributed by atoms with van der Waals surface area (Å²) in [7, 11) is -1.39. The summed E-state index contributed by atoms with van der Waals surface area (Å²) in [4.78, 5) is 0. The van der Waals surface area contributed by atoms with Gasteiger partial charge in [-0.2, -0.15) is 0 Å². The van der Waals surface area contributed by atoms with E-state index in [-0.39, 0.29) is 12.0 Å². The average molecular weight is 317 g/mol. The Hall–Kier alpha value is -0.863. The first kappa shape index (κ1) is 17.5. The quantitative estimate of drug-likeness (QED) is 0.594. The highest BCUT2D eigenvalue weighted by molar-refractivity contribution is 6.90. The molecule has 22 heavy (non-hydrogen) atoms. The van der Waals surface area contributed by atoms with Crippen LogP contribution in [0.5, 0.6) is 0 Å². The molecule has 0 aromatic heterocycles. The molecule has 0 aliphatic heterocycles. The maximum absolute atomic E-state index is 10.5. The molecule has 1 saturated carbocycles. The van der Waals surface area contributed by atoms with Crippen LogP contribution in [0.4, 0.5) is 0 Å². The van der Waals surface area contributed by atoms with Gasteiger partial charge in [-0.3, -0.25) is 0 Å². The van der Waals surface area contributed by atoms with Crippen LogP contribution in [-0.2, 0) is 0 Å². The van der Waals surface area contributed by atoms with E-state index in [2.05, 4.69) is 62.5 Å². The maximum Gasteiger partial charge on any atom is 0.0843 e. The second-order valence-corrected chi connectivity index (χ2v) is 12.4. The van der Waals surface area contributed by atoms with Crippen LogP contribution in [0.25, 0.3) is 0 Å². The van der Waals surface area contributed by atoms with Crippen molar-refractivity contribution >= 4 is 13.3 Å². The highest BCUT2D eigenvalue weighted by Gasteiger charge is 2.25. The summed E-state index contributed by atoms with van der Waals surface area (Å²) in [5.41, 5.74) is 0. The van der Waals surface area contributed by atoms with Gasteiger partial charge in [-0.1, -0.05) is 87.0 Å². The Labute approximate surface area is 137 Å². The van der Waals surface area contributed by atoms with E-state index >= 15 is 0 Å². The normalized spacial score (nSPS) is 20.2. The molecule has 0 radical (unpaired) electrons. The SMILES string of the molecule is CC(/C=C/C[Si](C)(C)c1ccccc1)C(O)C1CCCCC1. The molecule has 1 fully saturated rings. The van der Waals surface area contributed by atoms with Crippen LogP contribution in [0, 0.1) is 11.8 Å². The maximum atomic E-state index is 10.5. The molecule has 2 heteroatoms. The molecular weight excluding hydrogens is 284 g/mol. The second-order valence-electron chi connectivity index (χ2n) is 7.63. The first-order chi connectivity index (χ1) is 10.5. The molecule has 122 valence electrons. The molecule has 0 heterocycles. The van der Waals surface area contributed by atoms with Crippen LogP contribution < -0.4 is 5.19 Å². The summed E-state index contributed by atoms with van der Waals surface area (Å²) in [6.07, 6.45) is 10.8. The summed E-state index contributed by atoms with van der Waals surface area (Å²) < 4.78 is 0. The molecule has 2 unspecified atom stereocenters. The van der Waals surface area contributed by atoms with E-state index in [0.29, 0.717) is 5.92 Å². The first-order valence-corrected chi connectivity index (χ1v) is 12.1. The highest BCUT2D eigenvalue weighted by Crippen LogP contribution is 2.30. The fourth-order valence-electron chi connectivity index (χ4n) is 3.60. The van der Waals surface area contributed by atoms with E-state index in [4.69, 9.17) is 0 Å². The first-order valence-electron chi connectivity index (χ1n) is 8.91. The Morgan fingerprint density at radius 2 is 1.77 bits per heavy atom. The number of allylic oxidation sites excluding steroid dienone is 1. The van der Waals surface area contributed by atoms with E-state index in [1.54, 1.807) is 0 Å². The zero-order valence-corrected chi connectivity index (χ0v) is 15.5. The van der Waals surface area contributed by atoms with Crippen LogP contribution in [0.2, 0.25) is 19.1 Å². The lowest BCUT2D eigenvalue weighted by Gasteiger charge is -2.29. The van der Waals surface area contributed by atoms with Crippen LogP contribution >= 0.6 is 0 Å². The minimum absolute atomic E-state index is 0.155. The lowest BCUT2D eigenvalue weighted by Crippen LogP contribution is -2.40. The smallest absolute Gasteiger partial charge is 0.0843 e. The fourth-order valence-corrected chi connectivity index (χ4v) is 5.66. The Morgan fingerprint density at radius 3 is 2.41 bits per heavy atom. The van der Waals surface area contributed by atoms with Gasteiger partial charge in [-0.05, 0) is 24.8 Å². The highest BCUT2D eigenvalue weighted by atomic mass is 28.3. The van der Waals surface area contributed by atoms with Crippen molar-refractivity contribution in [3.05, 3.63) is 42.5 Å². The van der Waals surface area contributed by atoms with E-state index in [0.717, 1.165) is 6.04 Å². The molecule has 2 rings (SSSR count). The summed E-state index contributed by atoms with van der Waals surface area (Å²) in [6.45, 7) is 7.02. The number of rotatable bonds is 6. The lowest BCUT2D eigenvalue weighted by atomic mass is 9.81. The third-order valence-electron chi connectivity index (χ3n) is 5.29. The second kappa shape index (κ2) is 8.12. The minimum atomic E-state index is -1.39. The molecule has 0 spiro atoms. The van der Waals surface area contributed by atoms with Crippen molar-refractivity contribution in [1.82, 2.24) is 0 Å². The minimum Gasteiger partial charge on any atom is -0.392 e. The van der Waals surface area contributed by atoms with Crippen molar-refractivity contribution in [1.29, 1.82) is 0 Å². The van der Waals surface area contributed by atoms with E-state index in [1.807, 2.05) is 0 Å². The van der Waals surface area contributed by atoms with Crippen LogP contribution in [0.15, 0.2) is 42.5 Å². The molecule has 1 aliphatic rings. The molecule has 1 aromatic rings. The predicted molar refractivity (Wildman–Crippen MR) is 99.3 cm³/mol. The van der Waals surface area contributed by atoms with Gasteiger partial charge in [0.25, 0.3) is 0 Å². The standard InChI is InChI=1S/C20H32OSi/c1-17(20(21)18-12-6-4-7-13-18)11-10-16-22(2,3)19-14-8-5-9-15-19/h5,8-11,14-15,17-18,20-21H,4,6-7,12-13,16H2,1-3H3/b11-10+. The van der Waals surface area contributed by atoms with Gasteiger partial charge in [-0.25, -0.2) is 0 Å². The van der Waals surface area contributed by atoms with Gasteiger partial charge in [0.2, 0.25) is 0 Å². The Bertz CT molecular complexity index is 460. The van der Waals surface area contributed by atoms with Crippen LogP contribution in [0.1, 0.15) is 39.0 Å². The molecule has 0 amide bonds. The summed E-state index contributed by atoms with van der Waals surface area (Å²) in [5, 5.41) is 12.1. The molecule has 1 N–H and O–H groups in total. The van der Waals surface area contributed by atoms with Gasteiger partial charge in [0.15, 0.2) is 0 Å². The van der Waals surface area contributed by atoms with Crippen molar-refractivity contribution < 1.29 is 5.11 Å². The third kappa shape index (κ3) is 4.82. The van der Waals surface area contributed by atoms with Crippen molar-refractivity contribution in [3.8, 4) is 0 Å². The summed E-state index contributed by atoms with van der Waals surface area (Å²) >= 11 is 0. The predicted octanol–water partition coefficient (Wildman–Crippen LogP) is 4.74. The monoisotopic (exact) mass is 316 g/mol. The number of hydrogen-bond acceptors (Lipinski definition) is 1. The van der Waals surface area contributed by atoms with Gasteiger partial charge < -0.3 is 5.11 Å². The number of aliphatic hydroxyl groups excluding tert-OH is 1. The molecule has 0 bridgehead atoms. The van der Waals surface area contributed by atoms with E-state index < -0.39 is 8.07 Å². The topological polar surface area (TPSA) is 20.2 Å². The van der Waals surface area contributed by atoms with E-state index in [9.17, 15) is 5.11 Å². The lowest BCUT2D eigenvalue weighted by molar-refractivity contribution is 0.0556. The Morgan fingerprint density at radius 1 is 1.14 bits per heavy atom. The zero-order valence-electron chi connectivity index (χ0n) is 14.5. The zero-order chi connectivity index (χ0) is 16.0. The van der Waals surface area contributed by atoms with Gasteiger partial charge in [-0.15, -0.1) is 0 Å². The molecule has 2 atom stereocenters.